The van der Waals surface area contributed by atoms with Gasteiger partial charge in [0.1, 0.15) is 5.75 Å². The zero-order valence-corrected chi connectivity index (χ0v) is 13.3. The molecule has 0 aliphatic carbocycles. The molecule has 0 heterocycles. The summed E-state index contributed by atoms with van der Waals surface area (Å²) in [4.78, 5) is 12.0. The smallest absolute Gasteiger partial charge is 0.227 e. The molecule has 0 radical (unpaired) electrons. The normalized spacial score (nSPS) is 10.2. The molecule has 3 aromatic carbocycles. The van der Waals surface area contributed by atoms with Crippen LogP contribution >= 0.6 is 0 Å². The molecule has 120 valence electrons. The molecule has 3 aromatic rings. The first kappa shape index (κ1) is 15.8. The average molecular weight is 317 g/mol. The molecular formula is C21H19NO2. The van der Waals surface area contributed by atoms with Crippen LogP contribution in [0.4, 0.5) is 5.69 Å². The molecule has 0 aromatic heterocycles. The number of amides is 1. The lowest BCUT2D eigenvalue weighted by Crippen LogP contribution is -2.15. The van der Waals surface area contributed by atoms with E-state index in [1.165, 1.54) is 0 Å². The van der Waals surface area contributed by atoms with Crippen LogP contribution in [-0.4, -0.2) is 12.5 Å². The predicted octanol–water partition coefficient (Wildman–Crippen LogP) is 4.76. The fraction of sp³-hybridized carbons (Fsp3) is 0.0952. The number of nitrogens with one attached hydrogen (secondary N) is 1. The van der Waals surface area contributed by atoms with E-state index < -0.39 is 0 Å². The Bertz CT molecular complexity index is 768. The molecule has 0 bridgehead atoms. The third kappa shape index (κ3) is 4.46. The number of hydrogen-bond donors (Lipinski definition) is 1. The van der Waals surface area contributed by atoms with E-state index in [2.05, 4.69) is 17.4 Å². The van der Waals surface area contributed by atoms with Gasteiger partial charge < -0.3 is 10.1 Å². The van der Waals surface area contributed by atoms with Crippen molar-refractivity contribution in [3.8, 4) is 16.9 Å². The molecule has 0 aliphatic rings. The fourth-order valence-corrected chi connectivity index (χ4v) is 2.38. The van der Waals surface area contributed by atoms with Gasteiger partial charge in [0, 0.05) is 5.69 Å². The molecule has 1 N–H and O–H groups in total. The SMILES string of the molecule is O=C(CCOc1ccccc1)Nc1ccc(-c2ccccc2)cc1. The van der Waals surface area contributed by atoms with Gasteiger partial charge >= 0.3 is 0 Å². The van der Waals surface area contributed by atoms with Gasteiger partial charge in [0.15, 0.2) is 0 Å². The maximum atomic E-state index is 12.0. The highest BCUT2D eigenvalue weighted by Crippen LogP contribution is 2.21. The second kappa shape index (κ2) is 7.97. The lowest BCUT2D eigenvalue weighted by molar-refractivity contribution is -0.116. The lowest BCUT2D eigenvalue weighted by Gasteiger charge is -2.08. The molecule has 3 rings (SSSR count). The summed E-state index contributed by atoms with van der Waals surface area (Å²) < 4.78 is 5.53. The van der Waals surface area contributed by atoms with E-state index in [0.29, 0.717) is 13.0 Å². The number of ether oxygens (including phenoxy) is 1. The number of benzene rings is 3. The Hall–Kier alpha value is -3.07. The molecule has 0 aliphatic heterocycles. The van der Waals surface area contributed by atoms with Crippen LogP contribution in [0.5, 0.6) is 5.75 Å². The topological polar surface area (TPSA) is 38.3 Å². The first-order chi connectivity index (χ1) is 11.8. The molecule has 3 heteroatoms. The fourth-order valence-electron chi connectivity index (χ4n) is 2.38. The van der Waals surface area contributed by atoms with E-state index in [1.54, 1.807) is 0 Å². The molecule has 0 saturated carbocycles. The Labute approximate surface area is 141 Å². The van der Waals surface area contributed by atoms with Gasteiger partial charge in [-0.1, -0.05) is 60.7 Å². The summed E-state index contributed by atoms with van der Waals surface area (Å²) in [5.74, 6) is 0.718. The van der Waals surface area contributed by atoms with Gasteiger partial charge in [-0.15, -0.1) is 0 Å². The van der Waals surface area contributed by atoms with Crippen LogP contribution in [0.25, 0.3) is 11.1 Å². The Balaban J connectivity index is 1.49. The Morgan fingerprint density at radius 1 is 0.750 bits per heavy atom. The van der Waals surface area contributed by atoms with E-state index in [9.17, 15) is 4.79 Å². The van der Waals surface area contributed by atoms with Crippen LogP contribution in [0.15, 0.2) is 84.9 Å². The highest BCUT2D eigenvalue weighted by molar-refractivity contribution is 5.91. The van der Waals surface area contributed by atoms with Gasteiger partial charge in [-0.05, 0) is 35.4 Å². The van der Waals surface area contributed by atoms with Gasteiger partial charge in [0.2, 0.25) is 5.91 Å². The van der Waals surface area contributed by atoms with Crippen molar-refractivity contribution < 1.29 is 9.53 Å². The van der Waals surface area contributed by atoms with Gasteiger partial charge in [-0.2, -0.15) is 0 Å². The third-order valence-electron chi connectivity index (χ3n) is 3.62. The molecule has 0 unspecified atom stereocenters. The van der Waals surface area contributed by atoms with Crippen molar-refractivity contribution in [3.05, 3.63) is 84.9 Å². The van der Waals surface area contributed by atoms with Gasteiger partial charge in [0.05, 0.1) is 13.0 Å². The minimum Gasteiger partial charge on any atom is -0.493 e. The van der Waals surface area contributed by atoms with Gasteiger partial charge in [-0.3, -0.25) is 4.79 Å². The Kier molecular flexibility index (Phi) is 5.25. The first-order valence-corrected chi connectivity index (χ1v) is 7.94. The van der Waals surface area contributed by atoms with Crippen molar-refractivity contribution in [3.63, 3.8) is 0 Å². The van der Waals surface area contributed by atoms with Crippen LogP contribution in [-0.2, 0) is 4.79 Å². The van der Waals surface area contributed by atoms with Crippen LogP contribution in [0, 0.1) is 0 Å². The van der Waals surface area contributed by atoms with E-state index in [0.717, 1.165) is 22.6 Å². The average Bonchev–Trinajstić information content (AvgIpc) is 2.64. The second-order valence-corrected chi connectivity index (χ2v) is 5.40. The highest BCUT2D eigenvalue weighted by Gasteiger charge is 2.04. The van der Waals surface area contributed by atoms with Crippen LogP contribution < -0.4 is 10.1 Å². The molecule has 0 spiro atoms. The quantitative estimate of drug-likeness (QED) is 0.712. The van der Waals surface area contributed by atoms with Gasteiger partial charge in [-0.25, -0.2) is 0 Å². The van der Waals surface area contributed by atoms with Crippen molar-refractivity contribution in [1.29, 1.82) is 0 Å². The Morgan fingerprint density at radius 3 is 2.00 bits per heavy atom. The minimum absolute atomic E-state index is 0.0570. The Morgan fingerprint density at radius 2 is 1.33 bits per heavy atom. The molecule has 1 amide bonds. The summed E-state index contributed by atoms with van der Waals surface area (Å²) >= 11 is 0. The number of rotatable bonds is 6. The molecule has 24 heavy (non-hydrogen) atoms. The van der Waals surface area contributed by atoms with E-state index in [4.69, 9.17) is 4.74 Å². The van der Waals surface area contributed by atoms with E-state index >= 15 is 0 Å². The zero-order valence-electron chi connectivity index (χ0n) is 13.3. The maximum Gasteiger partial charge on any atom is 0.227 e. The highest BCUT2D eigenvalue weighted by atomic mass is 16.5. The third-order valence-corrected chi connectivity index (χ3v) is 3.62. The number of carbonyl (C=O) groups is 1. The summed E-state index contributed by atoms with van der Waals surface area (Å²) in [6.45, 7) is 0.359. The van der Waals surface area contributed by atoms with Crippen molar-refractivity contribution in [2.75, 3.05) is 11.9 Å². The maximum absolute atomic E-state index is 12.0. The van der Waals surface area contributed by atoms with Crippen molar-refractivity contribution in [1.82, 2.24) is 0 Å². The number of hydrogen-bond acceptors (Lipinski definition) is 2. The monoisotopic (exact) mass is 317 g/mol. The molecule has 3 nitrogen and oxygen atoms in total. The number of carbonyl (C=O) groups excluding carboxylic acids is 1. The standard InChI is InChI=1S/C21H19NO2/c23-21(15-16-24-20-9-5-2-6-10-20)22-19-13-11-18(12-14-19)17-7-3-1-4-8-17/h1-14H,15-16H2,(H,22,23). The number of para-hydroxylation sites is 1. The van der Waals surface area contributed by atoms with Gasteiger partial charge in [0.25, 0.3) is 0 Å². The molecule has 0 fully saturated rings. The minimum atomic E-state index is -0.0570. The van der Waals surface area contributed by atoms with Crippen LogP contribution in [0.3, 0.4) is 0 Å². The van der Waals surface area contributed by atoms with E-state index in [-0.39, 0.29) is 5.91 Å². The van der Waals surface area contributed by atoms with Crippen LogP contribution in [0.2, 0.25) is 0 Å². The summed E-state index contributed by atoms with van der Waals surface area (Å²) in [6, 6.07) is 27.5. The summed E-state index contributed by atoms with van der Waals surface area (Å²) in [6.07, 6.45) is 0.315. The summed E-state index contributed by atoms with van der Waals surface area (Å²) in [5.41, 5.74) is 3.08. The van der Waals surface area contributed by atoms with E-state index in [1.807, 2.05) is 72.8 Å². The summed E-state index contributed by atoms with van der Waals surface area (Å²) in [5, 5.41) is 2.89. The molecule has 0 saturated heterocycles. The zero-order chi connectivity index (χ0) is 16.6. The number of anilines is 1. The predicted molar refractivity (Wildman–Crippen MR) is 97.1 cm³/mol. The second-order valence-electron chi connectivity index (χ2n) is 5.40. The van der Waals surface area contributed by atoms with Crippen molar-refractivity contribution >= 4 is 11.6 Å². The van der Waals surface area contributed by atoms with Crippen LogP contribution in [0.1, 0.15) is 6.42 Å². The largest absolute Gasteiger partial charge is 0.493 e. The lowest BCUT2D eigenvalue weighted by atomic mass is 10.1. The van der Waals surface area contributed by atoms with Crippen molar-refractivity contribution in [2.24, 2.45) is 0 Å². The molecule has 0 atom stereocenters. The summed E-state index contributed by atoms with van der Waals surface area (Å²) in [7, 11) is 0. The van der Waals surface area contributed by atoms with Crippen molar-refractivity contribution in [2.45, 2.75) is 6.42 Å². The molecular weight excluding hydrogens is 298 g/mol. The first-order valence-electron chi connectivity index (χ1n) is 7.94.